The van der Waals surface area contributed by atoms with Crippen molar-refractivity contribution >= 4 is 22.9 Å². The third kappa shape index (κ3) is 3.81. The Morgan fingerprint density at radius 2 is 1.76 bits per heavy atom. The third-order valence-corrected chi connectivity index (χ3v) is 5.02. The molecule has 0 bridgehead atoms. The lowest BCUT2D eigenvalue weighted by Crippen LogP contribution is -2.43. The van der Waals surface area contributed by atoms with Crippen LogP contribution in [0.25, 0.3) is 10.9 Å². The van der Waals surface area contributed by atoms with Crippen molar-refractivity contribution < 1.29 is 14.7 Å². The number of benzene rings is 2. The molecule has 7 nitrogen and oxygen atoms in total. The van der Waals surface area contributed by atoms with Crippen LogP contribution in [-0.2, 0) is 6.54 Å². The number of hydrogen-bond donors (Lipinski definition) is 2. The Morgan fingerprint density at radius 1 is 1.07 bits per heavy atom. The van der Waals surface area contributed by atoms with Gasteiger partial charge in [-0.15, -0.1) is 0 Å². The Labute approximate surface area is 168 Å². The zero-order chi connectivity index (χ0) is 21.3. The summed E-state index contributed by atoms with van der Waals surface area (Å²) in [6.07, 6.45) is 0. The fraction of sp³-hybridized carbons (Fsp3) is 0.318. The highest BCUT2D eigenvalue weighted by atomic mass is 16.4. The summed E-state index contributed by atoms with van der Waals surface area (Å²) in [5.74, 6) is -0.915. The van der Waals surface area contributed by atoms with Crippen molar-refractivity contribution in [3.8, 4) is 0 Å². The largest absolute Gasteiger partial charge is 0.478 e. The molecule has 2 aromatic carbocycles. The number of rotatable bonds is 5. The molecule has 3 rings (SSSR count). The highest BCUT2D eigenvalue weighted by Crippen LogP contribution is 2.22. The van der Waals surface area contributed by atoms with E-state index in [0.717, 1.165) is 15.8 Å². The summed E-state index contributed by atoms with van der Waals surface area (Å²) in [6, 6.07) is 11.7. The number of carboxylic acid groups (broad SMARTS) is 1. The summed E-state index contributed by atoms with van der Waals surface area (Å²) in [5.41, 5.74) is 1.68. The Hall–Kier alpha value is -3.35. The number of aromatic amines is 1. The molecule has 0 aliphatic rings. The quantitative estimate of drug-likeness (QED) is 0.682. The van der Waals surface area contributed by atoms with Crippen molar-refractivity contribution in [1.29, 1.82) is 0 Å². The molecular weight excluding hydrogens is 370 g/mol. The van der Waals surface area contributed by atoms with Crippen molar-refractivity contribution in [1.82, 2.24) is 14.7 Å². The van der Waals surface area contributed by atoms with Gasteiger partial charge in [0.1, 0.15) is 0 Å². The summed E-state index contributed by atoms with van der Waals surface area (Å²) in [6.45, 7) is 8.29. The standard InChI is InChI=1S/C22H25N3O4/c1-13(2)16-9-6-5-8-15(16)12-24(14(3)4)22(29)25-20(26)19-17(21(27)28)10-7-11-18(19)23-25/h5-11,13-14,23H,12H2,1-4H3,(H,27,28). The van der Waals surface area contributed by atoms with Crippen LogP contribution in [0.5, 0.6) is 0 Å². The zero-order valence-corrected chi connectivity index (χ0v) is 17.0. The lowest BCUT2D eigenvalue weighted by atomic mass is 9.97. The molecule has 0 saturated heterocycles. The predicted molar refractivity (Wildman–Crippen MR) is 112 cm³/mol. The molecule has 0 atom stereocenters. The number of amides is 1. The third-order valence-electron chi connectivity index (χ3n) is 5.02. The van der Waals surface area contributed by atoms with Crippen molar-refractivity contribution in [2.24, 2.45) is 0 Å². The minimum atomic E-state index is -1.21. The number of nitrogens with one attached hydrogen (secondary N) is 1. The van der Waals surface area contributed by atoms with Gasteiger partial charge in [0, 0.05) is 12.6 Å². The smallest absolute Gasteiger partial charge is 0.346 e. The number of carbonyl (C=O) groups excluding carboxylic acids is 1. The maximum Gasteiger partial charge on any atom is 0.346 e. The molecule has 2 N–H and O–H groups in total. The van der Waals surface area contributed by atoms with Crippen LogP contribution in [0.15, 0.2) is 47.3 Å². The molecule has 1 aromatic heterocycles. The molecule has 29 heavy (non-hydrogen) atoms. The van der Waals surface area contributed by atoms with E-state index in [0.29, 0.717) is 18.0 Å². The van der Waals surface area contributed by atoms with Gasteiger partial charge < -0.3 is 10.0 Å². The van der Waals surface area contributed by atoms with Crippen molar-refractivity contribution in [2.45, 2.75) is 46.2 Å². The number of nitrogens with zero attached hydrogens (tertiary/aromatic N) is 2. The van der Waals surface area contributed by atoms with Gasteiger partial charge in [-0.1, -0.05) is 44.2 Å². The Bertz CT molecular complexity index is 1120. The molecule has 0 spiro atoms. The molecule has 0 aliphatic carbocycles. The van der Waals surface area contributed by atoms with Crippen LogP contribution in [0.1, 0.15) is 55.1 Å². The average Bonchev–Trinajstić information content (AvgIpc) is 3.02. The van der Waals surface area contributed by atoms with Crippen LogP contribution >= 0.6 is 0 Å². The fourth-order valence-electron chi connectivity index (χ4n) is 3.50. The van der Waals surface area contributed by atoms with Gasteiger partial charge in [0.25, 0.3) is 5.56 Å². The molecule has 0 fully saturated rings. The van der Waals surface area contributed by atoms with E-state index < -0.39 is 17.6 Å². The summed E-state index contributed by atoms with van der Waals surface area (Å²) < 4.78 is 0.898. The number of hydrogen-bond acceptors (Lipinski definition) is 3. The number of fused-ring (bicyclic) bond motifs is 1. The van der Waals surface area contributed by atoms with Gasteiger partial charge in [-0.05, 0) is 43.0 Å². The molecule has 0 saturated carbocycles. The summed E-state index contributed by atoms with van der Waals surface area (Å²) in [4.78, 5) is 39.2. The summed E-state index contributed by atoms with van der Waals surface area (Å²) in [7, 11) is 0. The van der Waals surface area contributed by atoms with Gasteiger partial charge in [-0.25, -0.2) is 9.59 Å². The van der Waals surface area contributed by atoms with E-state index in [-0.39, 0.29) is 17.0 Å². The first-order chi connectivity index (χ1) is 13.7. The van der Waals surface area contributed by atoms with Crippen molar-refractivity contribution in [2.75, 3.05) is 0 Å². The van der Waals surface area contributed by atoms with E-state index in [9.17, 15) is 19.5 Å². The Kier molecular flexibility index (Phi) is 5.59. The highest BCUT2D eigenvalue weighted by Gasteiger charge is 2.25. The minimum absolute atomic E-state index is 0.000336. The second-order valence-electron chi connectivity index (χ2n) is 7.64. The first-order valence-corrected chi connectivity index (χ1v) is 9.58. The van der Waals surface area contributed by atoms with Gasteiger partial charge in [0.05, 0.1) is 16.5 Å². The van der Waals surface area contributed by atoms with Gasteiger partial charge >= 0.3 is 12.0 Å². The topological polar surface area (TPSA) is 95.4 Å². The monoisotopic (exact) mass is 395 g/mol. The summed E-state index contributed by atoms with van der Waals surface area (Å²) in [5, 5.41) is 12.1. The molecule has 0 radical (unpaired) electrons. The second-order valence-corrected chi connectivity index (χ2v) is 7.64. The molecule has 0 aliphatic heterocycles. The van der Waals surface area contributed by atoms with Crippen LogP contribution < -0.4 is 5.56 Å². The molecular formula is C22H25N3O4. The highest BCUT2D eigenvalue weighted by molar-refractivity contribution is 6.03. The van der Waals surface area contributed by atoms with Crippen LogP contribution in [0, 0.1) is 0 Å². The average molecular weight is 395 g/mol. The van der Waals surface area contributed by atoms with E-state index in [1.54, 1.807) is 11.0 Å². The van der Waals surface area contributed by atoms with E-state index in [1.807, 2.05) is 38.1 Å². The fourth-order valence-corrected chi connectivity index (χ4v) is 3.50. The maximum atomic E-state index is 13.3. The van der Waals surface area contributed by atoms with Crippen LogP contribution in [0.3, 0.4) is 0 Å². The minimum Gasteiger partial charge on any atom is -0.478 e. The summed E-state index contributed by atoms with van der Waals surface area (Å²) >= 11 is 0. The van der Waals surface area contributed by atoms with Gasteiger partial charge in [-0.2, -0.15) is 4.68 Å². The van der Waals surface area contributed by atoms with E-state index >= 15 is 0 Å². The number of aromatic nitrogens is 2. The Morgan fingerprint density at radius 3 is 2.38 bits per heavy atom. The molecule has 3 aromatic rings. The molecule has 0 unspecified atom stereocenters. The van der Waals surface area contributed by atoms with E-state index in [2.05, 4.69) is 18.9 Å². The lowest BCUT2D eigenvalue weighted by molar-refractivity contribution is 0.0699. The van der Waals surface area contributed by atoms with Crippen LogP contribution in [-0.4, -0.2) is 37.8 Å². The van der Waals surface area contributed by atoms with Crippen LogP contribution in [0.4, 0.5) is 4.79 Å². The maximum absolute atomic E-state index is 13.3. The number of aromatic carboxylic acids is 1. The second kappa shape index (κ2) is 7.95. The Balaban J connectivity index is 2.06. The predicted octanol–water partition coefficient (Wildman–Crippen LogP) is 4.03. The molecule has 1 heterocycles. The number of carboxylic acids is 1. The van der Waals surface area contributed by atoms with E-state index in [1.165, 1.54) is 12.1 Å². The zero-order valence-electron chi connectivity index (χ0n) is 17.0. The van der Waals surface area contributed by atoms with Crippen LogP contribution in [0.2, 0.25) is 0 Å². The number of carbonyl (C=O) groups is 2. The molecule has 1 amide bonds. The first kappa shape index (κ1) is 20.4. The van der Waals surface area contributed by atoms with Crippen molar-refractivity contribution in [3.05, 3.63) is 69.5 Å². The van der Waals surface area contributed by atoms with Gasteiger partial charge in [-0.3, -0.25) is 9.89 Å². The van der Waals surface area contributed by atoms with Gasteiger partial charge in [0.2, 0.25) is 0 Å². The SMILES string of the molecule is CC(C)c1ccccc1CN(C(=O)n1[nH]c2cccc(C(=O)O)c2c1=O)C(C)C. The number of H-pyrrole nitrogens is 1. The van der Waals surface area contributed by atoms with Crippen molar-refractivity contribution in [3.63, 3.8) is 0 Å². The van der Waals surface area contributed by atoms with Gasteiger partial charge in [0.15, 0.2) is 0 Å². The van der Waals surface area contributed by atoms with E-state index in [4.69, 9.17) is 0 Å². The lowest BCUT2D eigenvalue weighted by Gasteiger charge is -2.28. The first-order valence-electron chi connectivity index (χ1n) is 9.58. The normalized spacial score (nSPS) is 11.4. The molecule has 7 heteroatoms. The molecule has 152 valence electrons.